The summed E-state index contributed by atoms with van der Waals surface area (Å²) in [6.45, 7) is 9.80. The molecule has 112 valence electrons. The van der Waals surface area contributed by atoms with Gasteiger partial charge in [0, 0.05) is 24.3 Å². The molecule has 20 heavy (non-hydrogen) atoms. The second kappa shape index (κ2) is 5.59. The molecule has 0 N–H and O–H groups in total. The lowest BCUT2D eigenvalue weighted by atomic mass is 10.1. The van der Waals surface area contributed by atoms with E-state index >= 15 is 0 Å². The van der Waals surface area contributed by atoms with Crippen LogP contribution in [0, 0.1) is 21.5 Å². The molecule has 3 rings (SSSR count). The maximum absolute atomic E-state index is 6.01. The van der Waals surface area contributed by atoms with Crippen molar-refractivity contribution < 1.29 is 4.74 Å². The van der Waals surface area contributed by atoms with Crippen molar-refractivity contribution in [2.45, 2.75) is 58.6 Å². The Hall–Kier alpha value is -0.100. The molecule has 2 fully saturated rings. The molecule has 0 bridgehead atoms. The largest absolute Gasteiger partial charge is 0.378 e. The first-order valence-electron chi connectivity index (χ1n) is 7.84. The summed E-state index contributed by atoms with van der Waals surface area (Å²) in [5, 5.41) is 4.65. The summed E-state index contributed by atoms with van der Waals surface area (Å²) in [7, 11) is 0. The summed E-state index contributed by atoms with van der Waals surface area (Å²) in [5.74, 6) is 3.08. The molecule has 2 saturated carbocycles. The number of halogens is 1. The van der Waals surface area contributed by atoms with Crippen LogP contribution in [0.4, 0.5) is 0 Å². The fourth-order valence-corrected chi connectivity index (χ4v) is 4.29. The van der Waals surface area contributed by atoms with Crippen molar-refractivity contribution in [2.75, 3.05) is 6.61 Å². The van der Waals surface area contributed by atoms with Gasteiger partial charge in [0.05, 0.1) is 6.10 Å². The number of rotatable bonds is 5. The van der Waals surface area contributed by atoms with E-state index in [4.69, 9.17) is 4.74 Å². The second-order valence-corrected chi connectivity index (χ2v) is 8.21. The Morgan fingerprint density at radius 3 is 2.50 bits per heavy atom. The van der Waals surface area contributed by atoms with Crippen molar-refractivity contribution in [3.05, 3.63) is 15.5 Å². The van der Waals surface area contributed by atoms with Gasteiger partial charge in [-0.05, 0) is 73.1 Å². The molecule has 0 spiro atoms. The van der Waals surface area contributed by atoms with Crippen LogP contribution in [0.3, 0.4) is 0 Å². The molecule has 3 nitrogen and oxygen atoms in total. The molecule has 2 aliphatic rings. The molecule has 0 aromatic carbocycles. The maximum Gasteiger partial charge on any atom is 0.123 e. The quantitative estimate of drug-likeness (QED) is 0.706. The normalized spacial score (nSPS) is 32.1. The van der Waals surface area contributed by atoms with Crippen molar-refractivity contribution in [3.8, 4) is 0 Å². The monoisotopic (exact) mass is 388 g/mol. The van der Waals surface area contributed by atoms with Crippen LogP contribution in [0.2, 0.25) is 0 Å². The summed E-state index contributed by atoms with van der Waals surface area (Å²) < 4.78 is 9.37. The smallest absolute Gasteiger partial charge is 0.123 e. The number of fused-ring (bicyclic) bond motifs is 1. The molecular weight excluding hydrogens is 363 g/mol. The van der Waals surface area contributed by atoms with E-state index in [1.165, 1.54) is 18.5 Å². The van der Waals surface area contributed by atoms with Gasteiger partial charge in [-0.15, -0.1) is 0 Å². The zero-order chi connectivity index (χ0) is 14.4. The van der Waals surface area contributed by atoms with Gasteiger partial charge in [-0.3, -0.25) is 4.68 Å². The van der Waals surface area contributed by atoms with E-state index in [0.29, 0.717) is 18.1 Å². The minimum absolute atomic E-state index is 0.461. The molecule has 1 aromatic rings. The van der Waals surface area contributed by atoms with Crippen molar-refractivity contribution in [2.24, 2.45) is 17.8 Å². The number of nitrogens with zero attached hydrogens (tertiary/aromatic N) is 2. The predicted octanol–water partition coefficient (Wildman–Crippen LogP) is 4.23. The molecule has 2 aliphatic carbocycles. The van der Waals surface area contributed by atoms with Gasteiger partial charge in [0.2, 0.25) is 0 Å². The van der Waals surface area contributed by atoms with E-state index in [1.807, 2.05) is 0 Å². The Morgan fingerprint density at radius 2 is 1.95 bits per heavy atom. The number of aromatic nitrogens is 2. The highest BCUT2D eigenvalue weighted by atomic mass is 127. The molecular formula is C16H25IN2O. The van der Waals surface area contributed by atoms with Gasteiger partial charge in [0.25, 0.3) is 0 Å². The molecule has 0 saturated heterocycles. The molecule has 0 radical (unpaired) electrons. The van der Waals surface area contributed by atoms with Gasteiger partial charge < -0.3 is 4.74 Å². The van der Waals surface area contributed by atoms with Gasteiger partial charge in [-0.1, -0.05) is 13.8 Å². The van der Waals surface area contributed by atoms with Crippen molar-refractivity contribution >= 4 is 22.6 Å². The van der Waals surface area contributed by atoms with E-state index in [0.717, 1.165) is 28.1 Å². The number of hydrogen-bond acceptors (Lipinski definition) is 2. The van der Waals surface area contributed by atoms with Crippen LogP contribution < -0.4 is 0 Å². The summed E-state index contributed by atoms with van der Waals surface area (Å²) in [4.78, 5) is 0. The SMILES string of the molecule is CC(C)COC1C[C@@H]2C(c3cc(I)nn3C(C)C)[C@@H]2C1. The average molecular weight is 388 g/mol. The molecule has 4 heteroatoms. The first-order chi connectivity index (χ1) is 9.47. The predicted molar refractivity (Wildman–Crippen MR) is 88.9 cm³/mol. The topological polar surface area (TPSA) is 27.1 Å². The van der Waals surface area contributed by atoms with Gasteiger partial charge in [0.1, 0.15) is 3.70 Å². The first kappa shape index (κ1) is 14.8. The van der Waals surface area contributed by atoms with E-state index in [9.17, 15) is 0 Å². The highest BCUT2D eigenvalue weighted by molar-refractivity contribution is 14.1. The molecule has 4 atom stereocenters. The molecule has 2 unspecified atom stereocenters. The lowest BCUT2D eigenvalue weighted by Gasteiger charge is -2.18. The molecule has 0 amide bonds. The van der Waals surface area contributed by atoms with Crippen LogP contribution in [0.15, 0.2) is 6.07 Å². The standard InChI is InChI=1S/C16H25IN2O/c1-9(2)8-20-11-5-12-13(6-11)16(12)14-7-15(17)18-19(14)10(3)4/h7,9-13,16H,5-6,8H2,1-4H3/t11?,12-,13+,16?. The second-order valence-electron chi connectivity index (χ2n) is 7.10. The fourth-order valence-electron chi connectivity index (χ4n) is 3.73. The van der Waals surface area contributed by atoms with Crippen molar-refractivity contribution in [1.29, 1.82) is 0 Å². The highest BCUT2D eigenvalue weighted by Crippen LogP contribution is 2.63. The van der Waals surface area contributed by atoms with Gasteiger partial charge in [0.15, 0.2) is 0 Å². The van der Waals surface area contributed by atoms with Gasteiger partial charge in [-0.2, -0.15) is 5.10 Å². The van der Waals surface area contributed by atoms with Crippen LogP contribution in [-0.2, 0) is 4.74 Å². The molecule has 0 aliphatic heterocycles. The Kier molecular flexibility index (Phi) is 4.15. The number of hydrogen-bond donors (Lipinski definition) is 0. The lowest BCUT2D eigenvalue weighted by molar-refractivity contribution is 0.0317. The minimum atomic E-state index is 0.461. The molecule has 1 aromatic heterocycles. The van der Waals surface area contributed by atoms with Gasteiger partial charge >= 0.3 is 0 Å². The van der Waals surface area contributed by atoms with E-state index < -0.39 is 0 Å². The van der Waals surface area contributed by atoms with Crippen LogP contribution in [0.1, 0.15) is 58.2 Å². The van der Waals surface area contributed by atoms with Crippen molar-refractivity contribution in [3.63, 3.8) is 0 Å². The van der Waals surface area contributed by atoms with Gasteiger partial charge in [-0.25, -0.2) is 0 Å². The Morgan fingerprint density at radius 1 is 1.30 bits per heavy atom. The van der Waals surface area contributed by atoms with Crippen molar-refractivity contribution in [1.82, 2.24) is 9.78 Å². The van der Waals surface area contributed by atoms with Crippen LogP contribution in [0.25, 0.3) is 0 Å². The van der Waals surface area contributed by atoms with E-state index in [1.54, 1.807) is 0 Å². The summed E-state index contributed by atoms with van der Waals surface area (Å²) in [6.07, 6.45) is 3.02. The summed E-state index contributed by atoms with van der Waals surface area (Å²) in [6, 6.07) is 2.75. The van der Waals surface area contributed by atoms with E-state index in [2.05, 4.69) is 66.1 Å². The zero-order valence-corrected chi connectivity index (χ0v) is 15.0. The Labute approximate surface area is 135 Å². The third-order valence-electron chi connectivity index (χ3n) is 4.63. The summed E-state index contributed by atoms with van der Waals surface area (Å²) in [5.41, 5.74) is 1.46. The fraction of sp³-hybridized carbons (Fsp3) is 0.812. The zero-order valence-electron chi connectivity index (χ0n) is 12.8. The van der Waals surface area contributed by atoms with E-state index in [-0.39, 0.29) is 0 Å². The summed E-state index contributed by atoms with van der Waals surface area (Å²) >= 11 is 2.33. The third-order valence-corrected chi connectivity index (χ3v) is 5.16. The first-order valence-corrected chi connectivity index (χ1v) is 8.91. The molecule has 1 heterocycles. The minimum Gasteiger partial charge on any atom is -0.378 e. The highest BCUT2D eigenvalue weighted by Gasteiger charge is 2.58. The van der Waals surface area contributed by atoms with Crippen LogP contribution >= 0.6 is 22.6 Å². The number of ether oxygens (including phenoxy) is 1. The average Bonchev–Trinajstić information content (AvgIpc) is 2.76. The Balaban J connectivity index is 1.62. The Bertz CT molecular complexity index is 471. The lowest BCUT2D eigenvalue weighted by Crippen LogP contribution is -2.16. The third kappa shape index (κ3) is 2.78. The van der Waals surface area contributed by atoms with Crippen LogP contribution in [0.5, 0.6) is 0 Å². The maximum atomic E-state index is 6.01. The van der Waals surface area contributed by atoms with Crippen LogP contribution in [-0.4, -0.2) is 22.5 Å².